The van der Waals surface area contributed by atoms with Gasteiger partial charge in [-0.25, -0.2) is 9.37 Å². The van der Waals surface area contributed by atoms with Gasteiger partial charge >= 0.3 is 0 Å². The second kappa shape index (κ2) is 4.26. The summed E-state index contributed by atoms with van der Waals surface area (Å²) >= 11 is 0. The minimum atomic E-state index is -0.452. The Kier molecular flexibility index (Phi) is 2.79. The highest BCUT2D eigenvalue weighted by molar-refractivity contribution is 5.58. The second-order valence-corrected chi connectivity index (χ2v) is 3.52. The van der Waals surface area contributed by atoms with Gasteiger partial charge in [0.2, 0.25) is 0 Å². The average molecular weight is 231 g/mol. The minimum Gasteiger partial charge on any atom is -0.494 e. The molecular weight excluding hydrogens is 221 g/mol. The maximum Gasteiger partial charge on any atom is 0.165 e. The molecule has 0 atom stereocenters. The highest BCUT2D eigenvalue weighted by Crippen LogP contribution is 2.24. The Hall–Kier alpha value is -2.35. The van der Waals surface area contributed by atoms with E-state index < -0.39 is 5.82 Å². The van der Waals surface area contributed by atoms with E-state index in [0.29, 0.717) is 17.1 Å². The van der Waals surface area contributed by atoms with E-state index in [1.165, 1.54) is 19.2 Å². The highest BCUT2D eigenvalue weighted by Gasteiger charge is 2.10. The molecule has 1 aromatic carbocycles. The number of aryl methyl sites for hydroxylation is 1. The summed E-state index contributed by atoms with van der Waals surface area (Å²) in [6.45, 7) is 0. The number of ether oxygens (including phenoxy) is 1. The maximum absolute atomic E-state index is 13.5. The van der Waals surface area contributed by atoms with Gasteiger partial charge in [-0.05, 0) is 18.2 Å². The van der Waals surface area contributed by atoms with Crippen LogP contribution < -0.4 is 4.74 Å². The number of nitriles is 1. The molecule has 0 bridgehead atoms. The van der Waals surface area contributed by atoms with Gasteiger partial charge in [0, 0.05) is 18.8 Å². The third kappa shape index (κ3) is 1.97. The van der Waals surface area contributed by atoms with Crippen molar-refractivity contribution in [2.45, 2.75) is 0 Å². The summed E-state index contributed by atoms with van der Waals surface area (Å²) in [5.74, 6) is 0.276. The fourth-order valence-corrected chi connectivity index (χ4v) is 1.59. The third-order valence-corrected chi connectivity index (χ3v) is 2.40. The van der Waals surface area contributed by atoms with Crippen molar-refractivity contribution < 1.29 is 9.13 Å². The van der Waals surface area contributed by atoms with Crippen LogP contribution in [-0.4, -0.2) is 16.7 Å². The van der Waals surface area contributed by atoms with E-state index in [2.05, 4.69) is 4.98 Å². The fourth-order valence-electron chi connectivity index (χ4n) is 1.59. The molecule has 0 saturated carbocycles. The zero-order valence-corrected chi connectivity index (χ0v) is 9.44. The van der Waals surface area contributed by atoms with Crippen LogP contribution in [0.4, 0.5) is 4.39 Å². The van der Waals surface area contributed by atoms with E-state index in [1.807, 2.05) is 6.07 Å². The number of aromatic nitrogens is 2. The van der Waals surface area contributed by atoms with Gasteiger partial charge in [-0.3, -0.25) is 0 Å². The largest absolute Gasteiger partial charge is 0.494 e. The number of methoxy groups -OCH3 is 1. The van der Waals surface area contributed by atoms with E-state index in [9.17, 15) is 4.39 Å². The van der Waals surface area contributed by atoms with Gasteiger partial charge in [0.1, 0.15) is 11.9 Å². The second-order valence-electron chi connectivity index (χ2n) is 3.52. The Bertz CT molecular complexity index is 598. The molecule has 2 rings (SSSR count). The normalized spacial score (nSPS) is 10.0. The van der Waals surface area contributed by atoms with E-state index in [1.54, 1.807) is 23.9 Å². The Morgan fingerprint density at radius 1 is 1.47 bits per heavy atom. The van der Waals surface area contributed by atoms with Crippen LogP contribution in [0.25, 0.3) is 11.4 Å². The topological polar surface area (TPSA) is 50.8 Å². The van der Waals surface area contributed by atoms with E-state index >= 15 is 0 Å². The van der Waals surface area contributed by atoms with E-state index in [-0.39, 0.29) is 5.75 Å². The van der Waals surface area contributed by atoms with E-state index in [4.69, 9.17) is 10.00 Å². The average Bonchev–Trinajstić information content (AvgIpc) is 2.70. The molecule has 4 nitrogen and oxygen atoms in total. The molecule has 5 heteroatoms. The van der Waals surface area contributed by atoms with Crippen LogP contribution in [0, 0.1) is 17.1 Å². The molecule has 0 radical (unpaired) electrons. The lowest BCUT2D eigenvalue weighted by Crippen LogP contribution is -1.93. The first-order valence-electron chi connectivity index (χ1n) is 4.93. The van der Waals surface area contributed by atoms with Crippen molar-refractivity contribution in [1.82, 2.24) is 9.55 Å². The van der Waals surface area contributed by atoms with Crippen molar-refractivity contribution in [2.24, 2.45) is 7.05 Å². The molecule has 0 aliphatic carbocycles. The van der Waals surface area contributed by atoms with E-state index in [0.717, 1.165) is 0 Å². The fraction of sp³-hybridized carbons (Fsp3) is 0.167. The van der Waals surface area contributed by atoms with Crippen LogP contribution in [0.5, 0.6) is 5.75 Å². The van der Waals surface area contributed by atoms with Crippen molar-refractivity contribution in [1.29, 1.82) is 5.26 Å². The molecule has 0 spiro atoms. The number of benzene rings is 1. The summed E-state index contributed by atoms with van der Waals surface area (Å²) in [5.41, 5.74) is 0.908. The number of hydrogen-bond donors (Lipinski definition) is 0. The quantitative estimate of drug-likeness (QED) is 0.795. The SMILES string of the molecule is COc1ccc(-c2nc(C#N)cn2C)cc1F. The first-order valence-corrected chi connectivity index (χ1v) is 4.93. The lowest BCUT2D eigenvalue weighted by Gasteiger charge is -2.04. The molecule has 0 amide bonds. The van der Waals surface area contributed by atoms with Gasteiger partial charge in [0.05, 0.1) is 7.11 Å². The Balaban J connectivity index is 2.50. The number of hydrogen-bond acceptors (Lipinski definition) is 3. The molecule has 0 fully saturated rings. The summed E-state index contributed by atoms with van der Waals surface area (Å²) in [6, 6.07) is 6.51. The van der Waals surface area contributed by atoms with Gasteiger partial charge in [0.25, 0.3) is 0 Å². The van der Waals surface area contributed by atoms with Gasteiger partial charge < -0.3 is 9.30 Å². The predicted molar refractivity (Wildman–Crippen MR) is 59.9 cm³/mol. The highest BCUT2D eigenvalue weighted by atomic mass is 19.1. The third-order valence-electron chi connectivity index (χ3n) is 2.40. The molecule has 0 aliphatic rings. The van der Waals surface area contributed by atoms with Gasteiger partial charge in [-0.1, -0.05) is 0 Å². The molecule has 0 saturated heterocycles. The van der Waals surface area contributed by atoms with Gasteiger partial charge in [0.15, 0.2) is 17.3 Å². The number of imidazole rings is 1. The zero-order chi connectivity index (χ0) is 12.4. The van der Waals surface area contributed by atoms with Crippen LogP contribution in [-0.2, 0) is 7.05 Å². The van der Waals surface area contributed by atoms with Gasteiger partial charge in [-0.2, -0.15) is 5.26 Å². The summed E-state index contributed by atoms with van der Waals surface area (Å²) < 4.78 is 20.0. The standard InChI is InChI=1S/C12H10FN3O/c1-16-7-9(6-14)15-12(16)8-3-4-11(17-2)10(13)5-8/h3-5,7H,1-2H3. The predicted octanol–water partition coefficient (Wildman–Crippen LogP) is 2.11. The van der Waals surface area contributed by atoms with Crippen molar-refractivity contribution in [3.05, 3.63) is 35.9 Å². The summed E-state index contributed by atoms with van der Waals surface area (Å²) in [4.78, 5) is 4.09. The summed E-state index contributed by atoms with van der Waals surface area (Å²) in [7, 11) is 3.16. The molecule has 17 heavy (non-hydrogen) atoms. The number of rotatable bonds is 2. The lowest BCUT2D eigenvalue weighted by molar-refractivity contribution is 0.386. The molecule has 86 valence electrons. The molecule has 0 aliphatic heterocycles. The first kappa shape index (κ1) is 11.1. The Morgan fingerprint density at radius 3 is 2.76 bits per heavy atom. The molecule has 0 N–H and O–H groups in total. The molecule has 1 aromatic heterocycles. The number of halogens is 1. The minimum absolute atomic E-state index is 0.184. The Labute approximate surface area is 97.9 Å². The smallest absolute Gasteiger partial charge is 0.165 e. The summed E-state index contributed by atoms with van der Waals surface area (Å²) in [6.07, 6.45) is 1.59. The van der Waals surface area contributed by atoms with Gasteiger partial charge in [-0.15, -0.1) is 0 Å². The van der Waals surface area contributed by atoms with Crippen LogP contribution >= 0.6 is 0 Å². The van der Waals surface area contributed by atoms with Crippen molar-refractivity contribution in [3.63, 3.8) is 0 Å². The molecule has 0 unspecified atom stereocenters. The molecule has 2 aromatic rings. The zero-order valence-electron chi connectivity index (χ0n) is 9.44. The molecule has 1 heterocycles. The van der Waals surface area contributed by atoms with Crippen LogP contribution in [0.3, 0.4) is 0 Å². The summed E-state index contributed by atoms with van der Waals surface area (Å²) in [5, 5.41) is 8.74. The van der Waals surface area contributed by atoms with Crippen LogP contribution in [0.1, 0.15) is 5.69 Å². The lowest BCUT2D eigenvalue weighted by atomic mass is 10.2. The number of nitrogens with zero attached hydrogens (tertiary/aromatic N) is 3. The molecular formula is C12H10FN3O. The first-order chi connectivity index (χ1) is 8.15. The van der Waals surface area contributed by atoms with Crippen molar-refractivity contribution >= 4 is 0 Å². The monoisotopic (exact) mass is 231 g/mol. The van der Waals surface area contributed by atoms with Crippen molar-refractivity contribution in [2.75, 3.05) is 7.11 Å². The van der Waals surface area contributed by atoms with Crippen molar-refractivity contribution in [3.8, 4) is 23.2 Å². The maximum atomic E-state index is 13.5. The Morgan fingerprint density at radius 2 is 2.24 bits per heavy atom. The van der Waals surface area contributed by atoms with Crippen LogP contribution in [0.15, 0.2) is 24.4 Å². The van der Waals surface area contributed by atoms with Crippen LogP contribution in [0.2, 0.25) is 0 Å².